The van der Waals surface area contributed by atoms with Crippen LogP contribution in [-0.4, -0.2) is 12.3 Å². The van der Waals surface area contributed by atoms with Crippen LogP contribution in [0.4, 0.5) is 62.6 Å². The number of fused-ring (bicyclic) bond motifs is 9. The van der Waals surface area contributed by atoms with E-state index < -0.39 is 0 Å². The normalized spacial score (nSPS) is 20.0. The smallest absolute Gasteiger partial charge is 0.252 e. The summed E-state index contributed by atoms with van der Waals surface area (Å²) in [7, 11) is 0. The van der Waals surface area contributed by atoms with Crippen molar-refractivity contribution < 1.29 is 0 Å². The molecule has 1 saturated carbocycles. The van der Waals surface area contributed by atoms with Crippen molar-refractivity contribution in [1.29, 1.82) is 0 Å². The van der Waals surface area contributed by atoms with Crippen LogP contribution in [0, 0.1) is 10.8 Å². The van der Waals surface area contributed by atoms with Gasteiger partial charge in [-0.15, -0.1) is 0 Å². The van der Waals surface area contributed by atoms with Crippen molar-refractivity contribution in [2.75, 3.05) is 19.6 Å². The Hall–Kier alpha value is -8.54. The SMILES string of the molecule is CC1(C)Cc2ccc(N3c4cc5c(cc4B4c6cc(-c7ccccc7)ccc6N(c6ccc(-c7ccccc7)cc6)c6cc(N7c8ccc(N(c9ccccc9)c9ccccc9)cc8C8(C)CCCCC78C)cc3c64)CC(C)(C)C5)cc2C1. The van der Waals surface area contributed by atoms with Crippen molar-refractivity contribution >= 4 is 85.7 Å². The fourth-order valence-corrected chi connectivity index (χ4v) is 16.5. The molecule has 2 unspecified atom stereocenters. The summed E-state index contributed by atoms with van der Waals surface area (Å²) in [6, 6.07) is 86.0. The number of benzene rings is 10. The minimum Gasteiger partial charge on any atom is -0.334 e. The first kappa shape index (κ1) is 50.2. The van der Waals surface area contributed by atoms with E-state index in [1.807, 2.05) is 0 Å². The van der Waals surface area contributed by atoms with Gasteiger partial charge in [-0.3, -0.25) is 0 Å². The van der Waals surface area contributed by atoms with E-state index in [2.05, 4.69) is 286 Å². The molecule has 0 radical (unpaired) electrons. The van der Waals surface area contributed by atoms with Gasteiger partial charge in [0.05, 0.1) is 5.54 Å². The molecule has 3 heterocycles. The molecule has 4 nitrogen and oxygen atoms in total. The molecule has 0 aromatic heterocycles. The van der Waals surface area contributed by atoms with Gasteiger partial charge in [-0.2, -0.15) is 0 Å². The third-order valence-corrected chi connectivity index (χ3v) is 20.5. The van der Waals surface area contributed by atoms with Crippen LogP contribution in [0.1, 0.15) is 95.0 Å². The first-order chi connectivity index (χ1) is 40.3. The first-order valence-corrected chi connectivity index (χ1v) is 30.6. The summed E-state index contributed by atoms with van der Waals surface area (Å²) >= 11 is 0. The average Bonchev–Trinajstić information content (AvgIpc) is 1.96. The summed E-state index contributed by atoms with van der Waals surface area (Å²) in [5.41, 5.74) is 30.0. The summed E-state index contributed by atoms with van der Waals surface area (Å²) in [4.78, 5) is 10.7. The van der Waals surface area contributed by atoms with Crippen LogP contribution in [0.15, 0.2) is 224 Å². The molecule has 3 aliphatic heterocycles. The number of hydrogen-bond acceptors (Lipinski definition) is 4. The zero-order valence-electron chi connectivity index (χ0n) is 48.9. The highest BCUT2D eigenvalue weighted by Gasteiger charge is 2.58. The number of rotatable bonds is 8. The molecule has 1 fully saturated rings. The van der Waals surface area contributed by atoms with E-state index in [-0.39, 0.29) is 28.5 Å². The van der Waals surface area contributed by atoms with Gasteiger partial charge in [-0.05, 0) is 214 Å². The predicted molar refractivity (Wildman–Crippen MR) is 351 cm³/mol. The van der Waals surface area contributed by atoms with Crippen LogP contribution in [0.3, 0.4) is 0 Å². The summed E-state index contributed by atoms with van der Waals surface area (Å²) in [5.74, 6) is 0. The average molecular weight is 1080 g/mol. The zero-order valence-corrected chi connectivity index (χ0v) is 48.9. The van der Waals surface area contributed by atoms with E-state index in [9.17, 15) is 0 Å². The molecule has 5 heteroatoms. The molecule has 83 heavy (non-hydrogen) atoms. The lowest BCUT2D eigenvalue weighted by molar-refractivity contribution is 0.195. The fourth-order valence-electron chi connectivity index (χ4n) is 16.5. The molecular formula is C78H71BN4. The lowest BCUT2D eigenvalue weighted by Crippen LogP contribution is -2.61. The zero-order chi connectivity index (χ0) is 56.0. The molecule has 10 aromatic carbocycles. The predicted octanol–water partition coefficient (Wildman–Crippen LogP) is 18.6. The minimum atomic E-state index is -0.223. The van der Waals surface area contributed by atoms with Gasteiger partial charge in [0, 0.05) is 68.0 Å². The number of nitrogens with zero attached hydrogens (tertiary/aromatic N) is 4. The Labute approximate surface area is 491 Å². The second-order valence-electron chi connectivity index (χ2n) is 27.1. The quantitative estimate of drug-likeness (QED) is 0.141. The fraction of sp³-hybridized carbons (Fsp3) is 0.231. The van der Waals surface area contributed by atoms with Crippen LogP contribution < -0.4 is 36.0 Å². The highest BCUT2D eigenvalue weighted by atomic mass is 15.3. The Morgan fingerprint density at radius 2 is 0.867 bits per heavy atom. The van der Waals surface area contributed by atoms with Gasteiger partial charge in [-0.25, -0.2) is 0 Å². The Bertz CT molecular complexity index is 4170. The lowest BCUT2D eigenvalue weighted by atomic mass is 9.33. The molecule has 3 aliphatic carbocycles. The Morgan fingerprint density at radius 3 is 1.52 bits per heavy atom. The molecule has 2 atom stereocenters. The first-order valence-electron chi connectivity index (χ1n) is 30.6. The van der Waals surface area contributed by atoms with Crippen molar-refractivity contribution in [3.63, 3.8) is 0 Å². The topological polar surface area (TPSA) is 13.0 Å². The van der Waals surface area contributed by atoms with Crippen molar-refractivity contribution in [2.24, 2.45) is 10.8 Å². The molecule has 0 bridgehead atoms. The Morgan fingerprint density at radius 1 is 0.361 bits per heavy atom. The molecule has 6 aliphatic rings. The molecular weight excluding hydrogens is 1000 g/mol. The minimum absolute atomic E-state index is 0.0212. The van der Waals surface area contributed by atoms with E-state index >= 15 is 0 Å². The van der Waals surface area contributed by atoms with Crippen LogP contribution in [0.2, 0.25) is 0 Å². The van der Waals surface area contributed by atoms with Gasteiger partial charge < -0.3 is 19.6 Å². The van der Waals surface area contributed by atoms with Crippen molar-refractivity contribution in [3.8, 4) is 22.3 Å². The summed E-state index contributed by atoms with van der Waals surface area (Å²) in [5, 5.41) is 0. The molecule has 0 amide bonds. The van der Waals surface area contributed by atoms with Gasteiger partial charge >= 0.3 is 0 Å². The monoisotopic (exact) mass is 1070 g/mol. The van der Waals surface area contributed by atoms with Gasteiger partial charge in [0.25, 0.3) is 6.71 Å². The van der Waals surface area contributed by atoms with E-state index in [0.29, 0.717) is 0 Å². The van der Waals surface area contributed by atoms with Crippen LogP contribution in [0.5, 0.6) is 0 Å². The molecule has 406 valence electrons. The van der Waals surface area contributed by atoms with E-state index in [1.165, 1.54) is 125 Å². The third kappa shape index (κ3) is 7.86. The highest BCUT2D eigenvalue weighted by Crippen LogP contribution is 2.63. The second kappa shape index (κ2) is 18.5. The van der Waals surface area contributed by atoms with Crippen molar-refractivity contribution in [2.45, 2.75) is 104 Å². The van der Waals surface area contributed by atoms with Gasteiger partial charge in [0.1, 0.15) is 0 Å². The molecule has 0 saturated heterocycles. The van der Waals surface area contributed by atoms with E-state index in [1.54, 1.807) is 0 Å². The summed E-state index contributed by atoms with van der Waals surface area (Å²) in [6.45, 7) is 15.0. The van der Waals surface area contributed by atoms with Gasteiger partial charge in [-0.1, -0.05) is 181 Å². The van der Waals surface area contributed by atoms with Crippen molar-refractivity contribution in [3.05, 3.63) is 252 Å². The third-order valence-electron chi connectivity index (χ3n) is 20.5. The van der Waals surface area contributed by atoms with E-state index in [4.69, 9.17) is 0 Å². The largest absolute Gasteiger partial charge is 0.334 e. The second-order valence-corrected chi connectivity index (χ2v) is 27.1. The number of anilines is 11. The molecule has 16 rings (SSSR count). The standard InChI is InChI=1S/C78H71BN4/c1-75(2)48-56-31-35-63(41-57(56)49-75)82-71-44-59-51-76(3,4)50-58(59)43-68(71)79-67-42-55(53-23-13-8-14-24-53)32-37-70(67)81(62-33-29-54(30-34-62)52-21-11-7-12-22-52)72-46-65(47-73(82)74(72)79)83-69-38-36-64(45-66(69)77(5)39-19-20-40-78(77,83)6)80(60-25-15-9-16-26-60)61-27-17-10-18-28-61/h7-18,21-38,41-47H,19-20,39-40,48-51H2,1-6H3. The summed E-state index contributed by atoms with van der Waals surface area (Å²) in [6.07, 6.45) is 8.94. The van der Waals surface area contributed by atoms with Crippen LogP contribution >= 0.6 is 0 Å². The van der Waals surface area contributed by atoms with Crippen LogP contribution in [0.25, 0.3) is 22.3 Å². The van der Waals surface area contributed by atoms with Gasteiger partial charge in [0.15, 0.2) is 0 Å². The maximum absolute atomic E-state index is 2.83. The van der Waals surface area contributed by atoms with Crippen molar-refractivity contribution in [1.82, 2.24) is 0 Å². The maximum atomic E-state index is 2.83. The Kier molecular flexibility index (Phi) is 11.2. The number of hydrogen-bond donors (Lipinski definition) is 0. The molecule has 0 spiro atoms. The lowest BCUT2D eigenvalue weighted by Gasteiger charge is -2.51. The summed E-state index contributed by atoms with van der Waals surface area (Å²) < 4.78 is 0. The number of para-hydroxylation sites is 2. The van der Waals surface area contributed by atoms with Gasteiger partial charge in [0.2, 0.25) is 0 Å². The van der Waals surface area contributed by atoms with E-state index in [0.717, 1.165) is 55.6 Å². The highest BCUT2D eigenvalue weighted by molar-refractivity contribution is 7.00. The molecule has 0 N–H and O–H groups in total. The Balaban J connectivity index is 0.981. The maximum Gasteiger partial charge on any atom is 0.252 e. The van der Waals surface area contributed by atoms with Crippen LogP contribution in [-0.2, 0) is 31.1 Å². The molecule has 10 aromatic rings.